The maximum absolute atomic E-state index is 13.1. The number of halogens is 2. The Bertz CT molecular complexity index is 1140. The zero-order valence-electron chi connectivity index (χ0n) is 13.3. The molecule has 0 N–H and O–H groups in total. The smallest absolute Gasteiger partial charge is 0.358 e. The molecule has 0 aliphatic heterocycles. The van der Waals surface area contributed by atoms with Crippen molar-refractivity contribution in [3.63, 3.8) is 0 Å². The molecule has 0 fully saturated rings. The monoisotopic (exact) mass is 411 g/mol. The Balaban J connectivity index is 1.88. The largest absolute Gasteiger partial charge is 0.371 e. The molecule has 0 atom stereocenters. The second-order valence-electron chi connectivity index (χ2n) is 5.70. The van der Waals surface area contributed by atoms with Crippen LogP contribution in [0.5, 0.6) is 0 Å². The zero-order chi connectivity index (χ0) is 18.3. The van der Waals surface area contributed by atoms with Crippen LogP contribution in [0.25, 0.3) is 27.8 Å². The van der Waals surface area contributed by atoms with E-state index < -0.39 is 4.92 Å². The number of fused-ring (bicyclic) bond motifs is 1. The summed E-state index contributed by atoms with van der Waals surface area (Å²) in [6.07, 6.45) is 3.30. The van der Waals surface area contributed by atoms with Gasteiger partial charge in [-0.15, -0.1) is 0 Å². The molecule has 128 valence electrons. The number of benzene rings is 1. The van der Waals surface area contributed by atoms with Crippen molar-refractivity contribution in [1.82, 2.24) is 9.38 Å². The van der Waals surface area contributed by atoms with Crippen LogP contribution < -0.4 is 0 Å². The van der Waals surface area contributed by atoms with Gasteiger partial charge in [0, 0.05) is 17.3 Å². The van der Waals surface area contributed by atoms with Crippen molar-refractivity contribution in [3.05, 3.63) is 87.5 Å². The van der Waals surface area contributed by atoms with Gasteiger partial charge in [0.2, 0.25) is 0 Å². The number of nitro groups is 1. The van der Waals surface area contributed by atoms with E-state index in [1.807, 2.05) is 28.8 Å². The van der Waals surface area contributed by atoms with Gasteiger partial charge in [-0.25, -0.2) is 4.39 Å². The van der Waals surface area contributed by atoms with Crippen LogP contribution in [0.1, 0.15) is 0 Å². The van der Waals surface area contributed by atoms with E-state index in [2.05, 4.69) is 20.9 Å². The molecular weight excluding hydrogens is 401 g/mol. The summed E-state index contributed by atoms with van der Waals surface area (Å²) in [7, 11) is 0. The van der Waals surface area contributed by atoms with Gasteiger partial charge in [0.1, 0.15) is 12.0 Å². The van der Waals surface area contributed by atoms with Gasteiger partial charge < -0.3 is 14.5 Å². The summed E-state index contributed by atoms with van der Waals surface area (Å²) in [5.74, 6) is -0.481. The van der Waals surface area contributed by atoms with E-state index in [1.165, 1.54) is 18.3 Å². The van der Waals surface area contributed by atoms with Crippen molar-refractivity contribution in [2.45, 2.75) is 0 Å². The van der Waals surface area contributed by atoms with Crippen molar-refractivity contribution < 1.29 is 9.31 Å². The van der Waals surface area contributed by atoms with Crippen LogP contribution in [0.2, 0.25) is 0 Å². The SMILES string of the molecule is O=[N+]([O-])c1ncccc1-c1cc2ccc(-c3ccc(F)cc3)cn2c1Br. The maximum Gasteiger partial charge on any atom is 0.371 e. The van der Waals surface area contributed by atoms with Crippen molar-refractivity contribution in [3.8, 4) is 22.3 Å². The summed E-state index contributed by atoms with van der Waals surface area (Å²) < 4.78 is 15.7. The minimum Gasteiger partial charge on any atom is -0.358 e. The lowest BCUT2D eigenvalue weighted by Gasteiger charge is -2.05. The molecule has 3 heterocycles. The average molecular weight is 412 g/mol. The molecule has 0 saturated heterocycles. The zero-order valence-corrected chi connectivity index (χ0v) is 14.9. The highest BCUT2D eigenvalue weighted by Gasteiger charge is 2.20. The molecule has 3 aromatic heterocycles. The Hall–Kier alpha value is -3.06. The Morgan fingerprint density at radius 3 is 2.50 bits per heavy atom. The molecule has 0 saturated carbocycles. The molecule has 0 spiro atoms. The van der Waals surface area contributed by atoms with E-state index in [0.717, 1.165) is 16.6 Å². The highest BCUT2D eigenvalue weighted by atomic mass is 79.9. The van der Waals surface area contributed by atoms with Gasteiger partial charge in [0.15, 0.2) is 0 Å². The van der Waals surface area contributed by atoms with Crippen molar-refractivity contribution in [1.29, 1.82) is 0 Å². The maximum atomic E-state index is 13.1. The van der Waals surface area contributed by atoms with Crippen LogP contribution in [0, 0.1) is 15.9 Å². The fourth-order valence-corrected chi connectivity index (χ4v) is 3.53. The summed E-state index contributed by atoms with van der Waals surface area (Å²) in [6, 6.07) is 15.3. The van der Waals surface area contributed by atoms with Crippen molar-refractivity contribution >= 4 is 27.3 Å². The number of nitrogens with zero attached hydrogens (tertiary/aromatic N) is 3. The van der Waals surface area contributed by atoms with Crippen LogP contribution in [0.3, 0.4) is 0 Å². The van der Waals surface area contributed by atoms with E-state index in [-0.39, 0.29) is 11.6 Å². The number of hydrogen-bond donors (Lipinski definition) is 0. The van der Waals surface area contributed by atoms with Crippen LogP contribution in [0.4, 0.5) is 10.2 Å². The Labute approximate surface area is 156 Å². The molecule has 0 amide bonds. The van der Waals surface area contributed by atoms with E-state index in [9.17, 15) is 14.5 Å². The van der Waals surface area contributed by atoms with E-state index in [4.69, 9.17) is 0 Å². The van der Waals surface area contributed by atoms with Crippen LogP contribution in [0.15, 0.2) is 71.6 Å². The molecule has 26 heavy (non-hydrogen) atoms. The summed E-state index contributed by atoms with van der Waals surface area (Å²) in [5.41, 5.74) is 3.78. The summed E-state index contributed by atoms with van der Waals surface area (Å²) in [6.45, 7) is 0. The molecule has 0 bridgehead atoms. The van der Waals surface area contributed by atoms with Crippen LogP contribution in [-0.4, -0.2) is 14.3 Å². The molecule has 4 aromatic rings. The standard InChI is InChI=1S/C19H11BrFN3O2/c20-18-17(16-2-1-9-22-19(16)24(25)26)10-15-8-5-13(11-23(15)18)12-3-6-14(21)7-4-12/h1-11H. The third-order valence-electron chi connectivity index (χ3n) is 4.13. The first-order chi connectivity index (χ1) is 12.5. The average Bonchev–Trinajstić information content (AvgIpc) is 2.98. The van der Waals surface area contributed by atoms with Gasteiger partial charge >= 0.3 is 5.82 Å². The third-order valence-corrected chi connectivity index (χ3v) is 4.94. The summed E-state index contributed by atoms with van der Waals surface area (Å²) >= 11 is 3.54. The molecule has 0 unspecified atom stereocenters. The highest BCUT2D eigenvalue weighted by Crippen LogP contribution is 2.36. The first kappa shape index (κ1) is 16.4. The van der Waals surface area contributed by atoms with E-state index in [0.29, 0.717) is 15.7 Å². The van der Waals surface area contributed by atoms with Crippen molar-refractivity contribution in [2.75, 3.05) is 0 Å². The lowest BCUT2D eigenvalue weighted by atomic mass is 10.1. The fourth-order valence-electron chi connectivity index (χ4n) is 2.89. The number of rotatable bonds is 3. The molecule has 0 aliphatic carbocycles. The number of hydrogen-bond acceptors (Lipinski definition) is 3. The van der Waals surface area contributed by atoms with Crippen LogP contribution in [-0.2, 0) is 0 Å². The first-order valence-electron chi connectivity index (χ1n) is 7.71. The first-order valence-corrected chi connectivity index (χ1v) is 8.50. The summed E-state index contributed by atoms with van der Waals surface area (Å²) in [4.78, 5) is 14.7. The Morgan fingerprint density at radius 2 is 1.77 bits per heavy atom. The van der Waals surface area contributed by atoms with Crippen molar-refractivity contribution in [2.24, 2.45) is 0 Å². The second-order valence-corrected chi connectivity index (χ2v) is 6.45. The fraction of sp³-hybridized carbons (Fsp3) is 0. The third kappa shape index (κ3) is 2.76. The molecule has 1 aromatic carbocycles. The van der Waals surface area contributed by atoms with Gasteiger partial charge in [-0.2, -0.15) is 0 Å². The topological polar surface area (TPSA) is 60.4 Å². The summed E-state index contributed by atoms with van der Waals surface area (Å²) in [5, 5.41) is 11.3. The lowest BCUT2D eigenvalue weighted by molar-refractivity contribution is -0.388. The molecule has 7 heteroatoms. The highest BCUT2D eigenvalue weighted by molar-refractivity contribution is 9.10. The van der Waals surface area contributed by atoms with Gasteiger partial charge in [0.05, 0.1) is 10.2 Å². The normalized spacial score (nSPS) is 11.0. The quantitative estimate of drug-likeness (QED) is 0.331. The number of aromatic nitrogens is 2. The molecule has 5 nitrogen and oxygen atoms in total. The molecular formula is C19H11BrFN3O2. The predicted octanol–water partition coefficient (Wildman–Crippen LogP) is 5.48. The van der Waals surface area contributed by atoms with Gasteiger partial charge in [0.25, 0.3) is 0 Å². The second kappa shape index (κ2) is 6.34. The lowest BCUT2D eigenvalue weighted by Crippen LogP contribution is -1.94. The van der Waals surface area contributed by atoms with E-state index >= 15 is 0 Å². The minimum absolute atomic E-state index is 0.192. The van der Waals surface area contributed by atoms with Gasteiger partial charge in [-0.3, -0.25) is 0 Å². The number of pyridine rings is 2. The predicted molar refractivity (Wildman–Crippen MR) is 100 cm³/mol. The molecule has 0 radical (unpaired) electrons. The Kier molecular flexibility index (Phi) is 4.00. The van der Waals surface area contributed by atoms with Gasteiger partial charge in [-0.1, -0.05) is 18.2 Å². The molecule has 4 rings (SSSR count). The molecule has 0 aliphatic rings. The Morgan fingerprint density at radius 1 is 1.04 bits per heavy atom. The minimum atomic E-state index is -0.492. The van der Waals surface area contributed by atoms with Gasteiger partial charge in [-0.05, 0) is 73.4 Å². The van der Waals surface area contributed by atoms with E-state index in [1.54, 1.807) is 24.3 Å². The van der Waals surface area contributed by atoms with Crippen LogP contribution >= 0.6 is 15.9 Å².